The highest BCUT2D eigenvalue weighted by Crippen LogP contribution is 2.26. The fourth-order valence-electron chi connectivity index (χ4n) is 2.17. The second-order valence-electron chi connectivity index (χ2n) is 5.06. The second-order valence-corrected chi connectivity index (χ2v) is 5.78. The number of rotatable bonds is 4. The van der Waals surface area contributed by atoms with E-state index in [0.717, 1.165) is 22.4 Å². The molecule has 0 aliphatic heterocycles. The van der Waals surface area contributed by atoms with Crippen LogP contribution in [0.4, 0.5) is 0 Å². The summed E-state index contributed by atoms with van der Waals surface area (Å²) >= 11 is 1.50. The zero-order valence-electron chi connectivity index (χ0n) is 12.4. The molecule has 1 amide bonds. The summed E-state index contributed by atoms with van der Waals surface area (Å²) in [5.41, 5.74) is 3.37. The van der Waals surface area contributed by atoms with Crippen LogP contribution in [0.5, 0.6) is 0 Å². The molecule has 4 nitrogen and oxygen atoms in total. The summed E-state index contributed by atoms with van der Waals surface area (Å²) in [7, 11) is 1.77. The zero-order chi connectivity index (χ0) is 15.5. The van der Waals surface area contributed by atoms with E-state index in [0.29, 0.717) is 0 Å². The first kappa shape index (κ1) is 14.5. The molecule has 0 saturated carbocycles. The van der Waals surface area contributed by atoms with E-state index < -0.39 is 0 Å². The molecule has 1 atom stereocenters. The van der Waals surface area contributed by atoms with Crippen molar-refractivity contribution >= 4 is 34.3 Å². The number of amides is 1. The Morgan fingerprint density at radius 1 is 1.41 bits per heavy atom. The van der Waals surface area contributed by atoms with Crippen molar-refractivity contribution in [1.82, 2.24) is 9.88 Å². The maximum absolute atomic E-state index is 12.2. The lowest BCUT2D eigenvalue weighted by atomic mass is 10.2. The van der Waals surface area contributed by atoms with Gasteiger partial charge >= 0.3 is 0 Å². The first-order chi connectivity index (χ1) is 10.6. The molecule has 0 bridgehead atoms. The lowest BCUT2D eigenvalue weighted by Crippen LogP contribution is -2.27. The van der Waals surface area contributed by atoms with Crippen LogP contribution in [-0.2, 0) is 4.79 Å². The van der Waals surface area contributed by atoms with Crippen LogP contribution in [0.3, 0.4) is 0 Å². The molecular formula is C17H16N2O2S. The number of likely N-dealkylation sites (N-methyl/N-ethyl adjacent to an activating group) is 1. The molecular weight excluding hydrogens is 296 g/mol. The van der Waals surface area contributed by atoms with Gasteiger partial charge in [-0.15, -0.1) is 11.3 Å². The number of para-hydroxylation sites is 1. The molecule has 2 heterocycles. The third kappa shape index (κ3) is 2.94. The second kappa shape index (κ2) is 6.15. The average molecular weight is 312 g/mol. The van der Waals surface area contributed by atoms with Crippen LogP contribution in [-0.4, -0.2) is 22.8 Å². The highest BCUT2D eigenvalue weighted by Gasteiger charge is 2.19. The fraction of sp³-hybridized carbons (Fsp3) is 0.176. The van der Waals surface area contributed by atoms with Gasteiger partial charge in [-0.25, -0.2) is 4.98 Å². The molecule has 3 rings (SSSR count). The molecule has 0 fully saturated rings. The largest absolute Gasteiger partial charge is 0.459 e. The quantitative estimate of drug-likeness (QED) is 0.681. The van der Waals surface area contributed by atoms with E-state index in [2.05, 4.69) is 4.98 Å². The smallest absolute Gasteiger partial charge is 0.246 e. The summed E-state index contributed by atoms with van der Waals surface area (Å²) in [6.07, 6.45) is 3.26. The Morgan fingerprint density at radius 3 is 2.95 bits per heavy atom. The van der Waals surface area contributed by atoms with Gasteiger partial charge in [-0.2, -0.15) is 0 Å². The van der Waals surface area contributed by atoms with Crippen molar-refractivity contribution in [1.29, 1.82) is 0 Å². The molecule has 3 aromatic rings. The minimum atomic E-state index is -0.139. The van der Waals surface area contributed by atoms with Gasteiger partial charge in [-0.05, 0) is 25.1 Å². The van der Waals surface area contributed by atoms with Gasteiger partial charge in [-0.3, -0.25) is 4.79 Å². The van der Waals surface area contributed by atoms with Crippen LogP contribution in [0, 0.1) is 0 Å². The number of nitrogens with zero attached hydrogens (tertiary/aromatic N) is 2. The highest BCUT2D eigenvalue weighted by atomic mass is 32.1. The number of aromatic nitrogens is 1. The average Bonchev–Trinajstić information content (AvgIpc) is 3.19. The molecule has 22 heavy (non-hydrogen) atoms. The number of carbonyl (C=O) groups excluding carboxylic acids is 1. The fourth-order valence-corrected chi connectivity index (χ4v) is 2.69. The van der Waals surface area contributed by atoms with Crippen molar-refractivity contribution in [3.05, 3.63) is 58.8 Å². The molecule has 5 heteroatoms. The number of fused-ring (bicyclic) bond motifs is 1. The minimum Gasteiger partial charge on any atom is -0.459 e. The molecule has 0 aliphatic carbocycles. The van der Waals surface area contributed by atoms with Crippen molar-refractivity contribution in [2.75, 3.05) is 7.05 Å². The summed E-state index contributed by atoms with van der Waals surface area (Å²) in [6, 6.07) is 9.67. The number of hydrogen-bond acceptors (Lipinski definition) is 4. The van der Waals surface area contributed by atoms with Gasteiger partial charge in [0.1, 0.15) is 11.3 Å². The highest BCUT2D eigenvalue weighted by molar-refractivity contribution is 7.07. The molecule has 0 unspecified atom stereocenters. The van der Waals surface area contributed by atoms with E-state index in [9.17, 15) is 4.79 Å². The Bertz CT molecular complexity index is 772. The molecule has 0 spiro atoms. The molecule has 0 aliphatic rings. The standard InChI is InChI=1S/C17H16N2O2S/c1-12(16-9-13-5-3-4-6-15(13)21-16)19(2)17(20)8-7-14-10-22-11-18-14/h3-12H,1-2H3/b8-7-/t12-/m1/s1. The third-order valence-corrected chi connectivity index (χ3v) is 4.24. The van der Waals surface area contributed by atoms with Crippen LogP contribution >= 0.6 is 11.3 Å². The molecule has 0 radical (unpaired) electrons. The topological polar surface area (TPSA) is 46.3 Å². The van der Waals surface area contributed by atoms with Gasteiger partial charge in [0.05, 0.1) is 17.2 Å². The Morgan fingerprint density at radius 2 is 2.23 bits per heavy atom. The van der Waals surface area contributed by atoms with Gasteiger partial charge in [0.25, 0.3) is 0 Å². The van der Waals surface area contributed by atoms with Crippen LogP contribution in [0.1, 0.15) is 24.4 Å². The number of furan rings is 1. The maximum atomic E-state index is 12.2. The number of thiazole rings is 1. The number of hydrogen-bond donors (Lipinski definition) is 0. The van der Waals surface area contributed by atoms with Crippen molar-refractivity contribution in [2.24, 2.45) is 0 Å². The van der Waals surface area contributed by atoms with Crippen LogP contribution in [0.15, 0.2) is 51.7 Å². The van der Waals surface area contributed by atoms with Crippen molar-refractivity contribution < 1.29 is 9.21 Å². The summed E-state index contributed by atoms with van der Waals surface area (Å²) in [5.74, 6) is 0.695. The normalized spacial score (nSPS) is 12.8. The monoisotopic (exact) mass is 312 g/mol. The predicted octanol–water partition coefficient (Wildman–Crippen LogP) is 4.12. The van der Waals surface area contributed by atoms with Crippen molar-refractivity contribution in [3.63, 3.8) is 0 Å². The van der Waals surface area contributed by atoms with Crippen LogP contribution in [0.2, 0.25) is 0 Å². The molecule has 0 saturated heterocycles. The van der Waals surface area contributed by atoms with E-state index >= 15 is 0 Å². The minimum absolute atomic E-state index is 0.0824. The van der Waals surface area contributed by atoms with Crippen molar-refractivity contribution in [3.8, 4) is 0 Å². The van der Waals surface area contributed by atoms with Gasteiger partial charge in [0.15, 0.2) is 0 Å². The molecule has 112 valence electrons. The van der Waals surface area contributed by atoms with Crippen LogP contribution in [0.25, 0.3) is 17.0 Å². The van der Waals surface area contributed by atoms with E-state index in [4.69, 9.17) is 4.42 Å². The lowest BCUT2D eigenvalue weighted by molar-refractivity contribution is -0.126. The van der Waals surface area contributed by atoms with E-state index in [-0.39, 0.29) is 11.9 Å². The summed E-state index contributed by atoms with van der Waals surface area (Å²) < 4.78 is 5.82. The van der Waals surface area contributed by atoms with E-state index in [1.54, 1.807) is 23.5 Å². The summed E-state index contributed by atoms with van der Waals surface area (Å²) in [4.78, 5) is 18.0. The van der Waals surface area contributed by atoms with Gasteiger partial charge < -0.3 is 9.32 Å². The van der Waals surface area contributed by atoms with Gasteiger partial charge in [0.2, 0.25) is 5.91 Å². The summed E-state index contributed by atoms with van der Waals surface area (Å²) in [6.45, 7) is 1.95. The Kier molecular flexibility index (Phi) is 4.06. The van der Waals surface area contributed by atoms with Crippen LogP contribution < -0.4 is 0 Å². The van der Waals surface area contributed by atoms with Gasteiger partial charge in [0, 0.05) is 23.9 Å². The predicted molar refractivity (Wildman–Crippen MR) is 88.5 cm³/mol. The van der Waals surface area contributed by atoms with Gasteiger partial charge in [-0.1, -0.05) is 18.2 Å². The Labute approximate surface area is 132 Å². The third-order valence-electron chi connectivity index (χ3n) is 3.63. The van der Waals surface area contributed by atoms with E-state index in [1.165, 1.54) is 17.4 Å². The maximum Gasteiger partial charge on any atom is 0.246 e. The first-order valence-corrected chi connectivity index (χ1v) is 7.91. The molecule has 1 aromatic carbocycles. The lowest BCUT2D eigenvalue weighted by Gasteiger charge is -2.21. The Hall–Kier alpha value is -2.40. The summed E-state index contributed by atoms with van der Waals surface area (Å²) in [5, 5.41) is 2.94. The zero-order valence-corrected chi connectivity index (χ0v) is 13.2. The first-order valence-electron chi connectivity index (χ1n) is 6.96. The van der Waals surface area contributed by atoms with Crippen molar-refractivity contribution in [2.45, 2.75) is 13.0 Å². The molecule has 2 aromatic heterocycles. The SMILES string of the molecule is C[C@H](c1cc2ccccc2o1)N(C)C(=O)/C=C\c1cscn1. The number of benzene rings is 1. The molecule has 0 N–H and O–H groups in total. The number of carbonyl (C=O) groups is 1. The Balaban J connectivity index is 1.75. The van der Waals surface area contributed by atoms with E-state index in [1.807, 2.05) is 42.6 Å².